The van der Waals surface area contributed by atoms with E-state index in [1.807, 2.05) is 6.07 Å². The third-order valence-corrected chi connectivity index (χ3v) is 2.10. The first-order valence-corrected chi connectivity index (χ1v) is 4.71. The summed E-state index contributed by atoms with van der Waals surface area (Å²) in [5, 5.41) is 11.1. The van der Waals surface area contributed by atoms with Gasteiger partial charge in [-0.1, -0.05) is 12.1 Å². The first kappa shape index (κ1) is 10.8. The van der Waals surface area contributed by atoms with Gasteiger partial charge >= 0.3 is 0 Å². The zero-order valence-corrected chi connectivity index (χ0v) is 8.57. The number of aromatic amines is 1. The molecule has 6 heteroatoms. The summed E-state index contributed by atoms with van der Waals surface area (Å²) >= 11 is 0. The first-order chi connectivity index (χ1) is 8.22. The van der Waals surface area contributed by atoms with Gasteiger partial charge in [0.05, 0.1) is 11.9 Å². The molecule has 0 aliphatic heterocycles. The van der Waals surface area contributed by atoms with Crippen molar-refractivity contribution in [3.8, 4) is 6.07 Å². The molecule has 0 fully saturated rings. The minimum atomic E-state index is -0.647. The molecule has 0 bridgehead atoms. The molecule has 1 aromatic heterocycles. The van der Waals surface area contributed by atoms with E-state index in [-0.39, 0.29) is 17.1 Å². The predicted molar refractivity (Wildman–Crippen MR) is 57.7 cm³/mol. The lowest BCUT2D eigenvalue weighted by Gasteiger charge is -2.03. The van der Waals surface area contributed by atoms with Crippen LogP contribution in [0.3, 0.4) is 0 Å². The molecule has 1 aromatic carbocycles. The van der Waals surface area contributed by atoms with Gasteiger partial charge in [0.15, 0.2) is 11.5 Å². The fourth-order valence-electron chi connectivity index (χ4n) is 1.29. The largest absolute Gasteiger partial charge is 0.335 e. The van der Waals surface area contributed by atoms with E-state index in [1.54, 1.807) is 6.07 Å². The molecule has 5 nitrogen and oxygen atoms in total. The summed E-state index contributed by atoms with van der Waals surface area (Å²) in [7, 11) is 0. The lowest BCUT2D eigenvalue weighted by Crippen LogP contribution is -2.14. The number of anilines is 1. The third kappa shape index (κ3) is 2.13. The lowest BCUT2D eigenvalue weighted by atomic mass is 10.2. The zero-order valence-electron chi connectivity index (χ0n) is 8.57. The SMILES string of the molecule is N#Cc1[nH]cnc1NC(=O)c1ccccc1F. The number of H-pyrrole nitrogens is 1. The van der Waals surface area contributed by atoms with Crippen molar-refractivity contribution in [2.45, 2.75) is 0 Å². The van der Waals surface area contributed by atoms with Crippen molar-refractivity contribution < 1.29 is 9.18 Å². The van der Waals surface area contributed by atoms with Gasteiger partial charge in [-0.25, -0.2) is 9.37 Å². The number of nitriles is 1. The van der Waals surface area contributed by atoms with Crippen molar-refractivity contribution in [2.75, 3.05) is 5.32 Å². The van der Waals surface area contributed by atoms with Crippen LogP contribution in [0.5, 0.6) is 0 Å². The number of aromatic nitrogens is 2. The number of imidazole rings is 1. The van der Waals surface area contributed by atoms with Gasteiger partial charge in [0.2, 0.25) is 0 Å². The molecule has 0 aliphatic carbocycles. The van der Waals surface area contributed by atoms with Gasteiger partial charge in [0.25, 0.3) is 5.91 Å². The molecule has 0 aliphatic rings. The summed E-state index contributed by atoms with van der Waals surface area (Å²) in [5.41, 5.74) is 0.0223. The highest BCUT2D eigenvalue weighted by atomic mass is 19.1. The molecule has 2 N–H and O–H groups in total. The number of rotatable bonds is 2. The zero-order chi connectivity index (χ0) is 12.3. The second-order valence-electron chi connectivity index (χ2n) is 3.17. The Hall–Kier alpha value is -2.68. The van der Waals surface area contributed by atoms with Crippen molar-refractivity contribution in [1.29, 1.82) is 5.26 Å². The van der Waals surface area contributed by atoms with Crippen LogP contribution >= 0.6 is 0 Å². The summed E-state index contributed by atoms with van der Waals surface area (Å²) in [6.45, 7) is 0. The highest BCUT2D eigenvalue weighted by Crippen LogP contribution is 2.12. The van der Waals surface area contributed by atoms with Crippen molar-refractivity contribution in [2.24, 2.45) is 0 Å². The molecule has 1 heterocycles. The topological polar surface area (TPSA) is 81.6 Å². The number of benzene rings is 1. The molecule has 0 atom stereocenters. The van der Waals surface area contributed by atoms with E-state index in [2.05, 4.69) is 15.3 Å². The van der Waals surface area contributed by atoms with E-state index < -0.39 is 11.7 Å². The van der Waals surface area contributed by atoms with E-state index in [1.165, 1.54) is 24.5 Å². The minimum absolute atomic E-state index is 0.0840. The predicted octanol–water partition coefficient (Wildman–Crippen LogP) is 1.67. The van der Waals surface area contributed by atoms with E-state index in [9.17, 15) is 9.18 Å². The molecular weight excluding hydrogens is 223 g/mol. The Morgan fingerprint density at radius 1 is 1.47 bits per heavy atom. The van der Waals surface area contributed by atoms with Crippen LogP contribution < -0.4 is 5.32 Å². The molecule has 1 amide bonds. The Morgan fingerprint density at radius 2 is 2.24 bits per heavy atom. The Kier molecular flexibility index (Phi) is 2.83. The fourth-order valence-corrected chi connectivity index (χ4v) is 1.29. The maximum absolute atomic E-state index is 13.3. The van der Waals surface area contributed by atoms with E-state index >= 15 is 0 Å². The van der Waals surface area contributed by atoms with Gasteiger partial charge in [-0.05, 0) is 12.1 Å². The highest BCUT2D eigenvalue weighted by Gasteiger charge is 2.14. The summed E-state index contributed by atoms with van der Waals surface area (Å²) in [6, 6.07) is 7.39. The minimum Gasteiger partial charge on any atom is -0.335 e. The molecular formula is C11H7FN4O. The third-order valence-electron chi connectivity index (χ3n) is 2.10. The van der Waals surface area contributed by atoms with Crippen LogP contribution in [0.15, 0.2) is 30.6 Å². The van der Waals surface area contributed by atoms with E-state index in [0.29, 0.717) is 0 Å². The van der Waals surface area contributed by atoms with Crippen LogP contribution in [-0.2, 0) is 0 Å². The Labute approximate surface area is 95.9 Å². The van der Waals surface area contributed by atoms with Gasteiger partial charge in [0, 0.05) is 0 Å². The second kappa shape index (κ2) is 4.45. The van der Waals surface area contributed by atoms with Crippen molar-refractivity contribution >= 4 is 11.7 Å². The first-order valence-electron chi connectivity index (χ1n) is 4.71. The van der Waals surface area contributed by atoms with Crippen LogP contribution in [0.2, 0.25) is 0 Å². The Bertz CT molecular complexity index is 600. The van der Waals surface area contributed by atoms with Gasteiger partial charge < -0.3 is 10.3 Å². The molecule has 84 valence electrons. The van der Waals surface area contributed by atoms with Crippen molar-refractivity contribution in [1.82, 2.24) is 9.97 Å². The molecule has 2 aromatic rings. The number of hydrogen-bond donors (Lipinski definition) is 2. The summed E-state index contributed by atoms with van der Waals surface area (Å²) < 4.78 is 13.3. The average molecular weight is 230 g/mol. The van der Waals surface area contributed by atoms with Gasteiger partial charge in [0.1, 0.15) is 11.9 Å². The normalized spacial score (nSPS) is 9.65. The van der Waals surface area contributed by atoms with Gasteiger partial charge in [-0.15, -0.1) is 0 Å². The molecule has 2 rings (SSSR count). The van der Waals surface area contributed by atoms with Crippen LogP contribution in [0.1, 0.15) is 16.1 Å². The van der Waals surface area contributed by atoms with Crippen molar-refractivity contribution in [3.63, 3.8) is 0 Å². The number of nitrogens with zero attached hydrogens (tertiary/aromatic N) is 2. The summed E-state index contributed by atoms with van der Waals surface area (Å²) in [5.74, 6) is -1.19. The molecule has 17 heavy (non-hydrogen) atoms. The average Bonchev–Trinajstić information content (AvgIpc) is 2.76. The molecule has 0 unspecified atom stereocenters. The van der Waals surface area contributed by atoms with Crippen molar-refractivity contribution in [3.05, 3.63) is 47.7 Å². The monoisotopic (exact) mass is 230 g/mol. The van der Waals surface area contributed by atoms with Gasteiger partial charge in [-0.3, -0.25) is 4.79 Å². The maximum Gasteiger partial charge on any atom is 0.259 e. The standard InChI is InChI=1S/C11H7FN4O/c12-8-4-2-1-3-7(8)11(17)16-10-9(5-13)14-6-15-10/h1-4,6H,(H,14,15)(H,16,17). The molecule has 0 spiro atoms. The molecule has 0 saturated carbocycles. The quantitative estimate of drug-likeness (QED) is 0.823. The Morgan fingerprint density at radius 3 is 2.94 bits per heavy atom. The molecule has 0 saturated heterocycles. The maximum atomic E-state index is 13.3. The summed E-state index contributed by atoms with van der Waals surface area (Å²) in [6.07, 6.45) is 1.27. The molecule has 0 radical (unpaired) electrons. The number of amides is 1. The van der Waals surface area contributed by atoms with Crippen LogP contribution in [0, 0.1) is 17.1 Å². The van der Waals surface area contributed by atoms with Crippen LogP contribution in [0.4, 0.5) is 10.2 Å². The lowest BCUT2D eigenvalue weighted by molar-refractivity contribution is 0.102. The number of hydrogen-bond acceptors (Lipinski definition) is 3. The van der Waals surface area contributed by atoms with Crippen LogP contribution in [-0.4, -0.2) is 15.9 Å². The van der Waals surface area contributed by atoms with E-state index in [4.69, 9.17) is 5.26 Å². The Balaban J connectivity index is 2.24. The number of nitrogens with one attached hydrogen (secondary N) is 2. The number of carbonyl (C=O) groups excluding carboxylic acids is 1. The number of carbonyl (C=O) groups is 1. The fraction of sp³-hybridized carbons (Fsp3) is 0. The van der Waals surface area contributed by atoms with E-state index in [0.717, 1.165) is 0 Å². The van der Waals surface area contributed by atoms with Gasteiger partial charge in [-0.2, -0.15) is 5.26 Å². The van der Waals surface area contributed by atoms with Crippen LogP contribution in [0.25, 0.3) is 0 Å². The second-order valence-corrected chi connectivity index (χ2v) is 3.17. The smallest absolute Gasteiger partial charge is 0.259 e. The number of halogens is 1. The summed E-state index contributed by atoms with van der Waals surface area (Å²) in [4.78, 5) is 18.0. The highest BCUT2D eigenvalue weighted by molar-refractivity contribution is 6.04.